The van der Waals surface area contributed by atoms with Crippen LogP contribution in [-0.2, 0) is 4.74 Å². The van der Waals surface area contributed by atoms with E-state index in [4.69, 9.17) is 4.74 Å². The molecule has 1 nitrogen and oxygen atoms in total. The van der Waals surface area contributed by atoms with Crippen molar-refractivity contribution < 1.29 is 4.74 Å². The molecule has 0 aliphatic rings. The van der Waals surface area contributed by atoms with Crippen LogP contribution in [0.4, 0.5) is 0 Å². The van der Waals surface area contributed by atoms with Crippen LogP contribution in [0.1, 0.15) is 32.3 Å². The minimum Gasteiger partial charge on any atom is -0.501 e. The van der Waals surface area contributed by atoms with Crippen molar-refractivity contribution in [3.63, 3.8) is 0 Å². The van der Waals surface area contributed by atoms with Gasteiger partial charge in [0.25, 0.3) is 0 Å². The van der Waals surface area contributed by atoms with E-state index in [0.717, 1.165) is 13.0 Å². The Morgan fingerprint density at radius 1 is 1.29 bits per heavy atom. The molecule has 0 atom stereocenters. The van der Waals surface area contributed by atoms with Crippen molar-refractivity contribution >= 4 is 5.57 Å². The van der Waals surface area contributed by atoms with Gasteiger partial charge < -0.3 is 4.74 Å². The Labute approximate surface area is 86.4 Å². The monoisotopic (exact) mass is 190 g/mol. The minimum atomic E-state index is 0.820. The van der Waals surface area contributed by atoms with E-state index in [1.165, 1.54) is 17.6 Å². The van der Waals surface area contributed by atoms with Gasteiger partial charge in [-0.05, 0) is 24.5 Å². The molecule has 1 aromatic rings. The van der Waals surface area contributed by atoms with E-state index in [2.05, 4.69) is 26.0 Å². The van der Waals surface area contributed by atoms with E-state index in [1.54, 1.807) is 0 Å². The summed E-state index contributed by atoms with van der Waals surface area (Å²) in [5.41, 5.74) is 2.41. The zero-order valence-corrected chi connectivity index (χ0v) is 8.99. The van der Waals surface area contributed by atoms with Crippen molar-refractivity contribution in [1.29, 1.82) is 0 Å². The van der Waals surface area contributed by atoms with Gasteiger partial charge in [-0.25, -0.2) is 0 Å². The second-order valence-electron chi connectivity index (χ2n) is 3.39. The molecular formula is C13H18O. The van der Waals surface area contributed by atoms with Crippen LogP contribution < -0.4 is 0 Å². The maximum absolute atomic E-state index is 5.43. The third kappa shape index (κ3) is 3.65. The fourth-order valence-electron chi connectivity index (χ4n) is 1.18. The molecule has 0 aromatic heterocycles. The minimum absolute atomic E-state index is 0.820. The first-order valence-electron chi connectivity index (χ1n) is 5.18. The van der Waals surface area contributed by atoms with E-state index in [-0.39, 0.29) is 0 Å². The Hall–Kier alpha value is -1.24. The van der Waals surface area contributed by atoms with Crippen molar-refractivity contribution in [3.8, 4) is 0 Å². The fourth-order valence-corrected chi connectivity index (χ4v) is 1.18. The smallest absolute Gasteiger partial charge is 0.0873 e. The zero-order valence-electron chi connectivity index (χ0n) is 8.99. The molecule has 14 heavy (non-hydrogen) atoms. The normalized spacial score (nSPS) is 11.4. The quantitative estimate of drug-likeness (QED) is 0.506. The van der Waals surface area contributed by atoms with Gasteiger partial charge in [0.1, 0.15) is 0 Å². The highest BCUT2D eigenvalue weighted by atomic mass is 16.5. The van der Waals surface area contributed by atoms with Crippen LogP contribution >= 0.6 is 0 Å². The Morgan fingerprint density at radius 3 is 2.64 bits per heavy atom. The first-order chi connectivity index (χ1) is 6.84. The second-order valence-corrected chi connectivity index (χ2v) is 3.39. The van der Waals surface area contributed by atoms with Crippen LogP contribution in [-0.4, -0.2) is 6.61 Å². The molecule has 0 radical (unpaired) electrons. The van der Waals surface area contributed by atoms with Gasteiger partial charge in [0.05, 0.1) is 12.9 Å². The maximum atomic E-state index is 5.43. The number of hydrogen-bond acceptors (Lipinski definition) is 1. The summed E-state index contributed by atoms with van der Waals surface area (Å²) in [5.74, 6) is 0. The molecule has 0 aliphatic heterocycles. The lowest BCUT2D eigenvalue weighted by atomic mass is 10.1. The SMILES string of the molecule is CCCCOC=C(C)c1ccccc1. The van der Waals surface area contributed by atoms with E-state index in [9.17, 15) is 0 Å². The van der Waals surface area contributed by atoms with Gasteiger partial charge in [0.15, 0.2) is 0 Å². The molecular weight excluding hydrogens is 172 g/mol. The fraction of sp³-hybridized carbons (Fsp3) is 0.385. The van der Waals surface area contributed by atoms with E-state index in [0.29, 0.717) is 0 Å². The Morgan fingerprint density at radius 2 is 2.00 bits per heavy atom. The molecule has 0 aliphatic carbocycles. The van der Waals surface area contributed by atoms with Crippen LogP contribution in [0.3, 0.4) is 0 Å². The van der Waals surface area contributed by atoms with Crippen LogP contribution in [0.5, 0.6) is 0 Å². The summed E-state index contributed by atoms with van der Waals surface area (Å²) < 4.78 is 5.43. The first-order valence-corrected chi connectivity index (χ1v) is 5.18. The largest absolute Gasteiger partial charge is 0.501 e. The first kappa shape index (κ1) is 10.8. The molecule has 0 amide bonds. The second kappa shape index (κ2) is 6.25. The number of allylic oxidation sites excluding steroid dienone is 1. The molecule has 0 fully saturated rings. The lowest BCUT2D eigenvalue weighted by molar-refractivity contribution is 0.245. The van der Waals surface area contributed by atoms with Crippen molar-refractivity contribution in [2.45, 2.75) is 26.7 Å². The standard InChI is InChI=1S/C13H18O/c1-3-4-10-14-11-12(2)13-8-6-5-7-9-13/h5-9,11H,3-4,10H2,1-2H3. The van der Waals surface area contributed by atoms with E-state index < -0.39 is 0 Å². The maximum Gasteiger partial charge on any atom is 0.0873 e. The highest BCUT2D eigenvalue weighted by Crippen LogP contribution is 2.12. The Bertz CT molecular complexity index is 275. The highest BCUT2D eigenvalue weighted by Gasteiger charge is 1.93. The summed E-state index contributed by atoms with van der Waals surface area (Å²) in [6, 6.07) is 10.3. The van der Waals surface area contributed by atoms with Crippen molar-refractivity contribution in [1.82, 2.24) is 0 Å². The van der Waals surface area contributed by atoms with Gasteiger partial charge in [-0.15, -0.1) is 0 Å². The van der Waals surface area contributed by atoms with Crippen molar-refractivity contribution in [2.75, 3.05) is 6.61 Å². The summed E-state index contributed by atoms with van der Waals surface area (Å²) in [5, 5.41) is 0. The molecule has 1 rings (SSSR count). The van der Waals surface area contributed by atoms with Crippen LogP contribution in [0, 0.1) is 0 Å². The van der Waals surface area contributed by atoms with Gasteiger partial charge in [-0.2, -0.15) is 0 Å². The van der Waals surface area contributed by atoms with E-state index in [1.807, 2.05) is 24.5 Å². The molecule has 0 unspecified atom stereocenters. The van der Waals surface area contributed by atoms with Gasteiger partial charge >= 0.3 is 0 Å². The predicted octanol–water partition coefficient (Wildman–Crippen LogP) is 3.86. The topological polar surface area (TPSA) is 9.23 Å². The van der Waals surface area contributed by atoms with E-state index >= 15 is 0 Å². The van der Waals surface area contributed by atoms with Crippen molar-refractivity contribution in [2.24, 2.45) is 0 Å². The van der Waals surface area contributed by atoms with Crippen LogP contribution in [0.25, 0.3) is 5.57 Å². The molecule has 0 spiro atoms. The summed E-state index contributed by atoms with van der Waals surface area (Å²) in [7, 11) is 0. The lowest BCUT2D eigenvalue weighted by Gasteiger charge is -2.02. The predicted molar refractivity (Wildman–Crippen MR) is 61.0 cm³/mol. The summed E-state index contributed by atoms with van der Waals surface area (Å²) in [6.45, 7) is 5.05. The van der Waals surface area contributed by atoms with Crippen molar-refractivity contribution in [3.05, 3.63) is 42.2 Å². The summed E-state index contributed by atoms with van der Waals surface area (Å²) >= 11 is 0. The average Bonchev–Trinajstić information content (AvgIpc) is 2.25. The molecule has 0 N–H and O–H groups in total. The zero-order chi connectivity index (χ0) is 10.2. The number of benzene rings is 1. The Balaban J connectivity index is 2.44. The number of ether oxygens (including phenoxy) is 1. The Kier molecular flexibility index (Phi) is 4.84. The van der Waals surface area contributed by atoms with Gasteiger partial charge in [-0.1, -0.05) is 43.7 Å². The van der Waals surface area contributed by atoms with Gasteiger partial charge in [0.2, 0.25) is 0 Å². The van der Waals surface area contributed by atoms with Gasteiger partial charge in [-0.3, -0.25) is 0 Å². The van der Waals surface area contributed by atoms with Crippen LogP contribution in [0.15, 0.2) is 36.6 Å². The molecule has 1 aromatic carbocycles. The molecule has 0 saturated carbocycles. The molecule has 0 bridgehead atoms. The average molecular weight is 190 g/mol. The summed E-state index contributed by atoms with van der Waals surface area (Å²) in [6.07, 6.45) is 4.15. The third-order valence-electron chi connectivity index (χ3n) is 2.10. The number of rotatable bonds is 5. The van der Waals surface area contributed by atoms with Gasteiger partial charge in [0, 0.05) is 0 Å². The van der Waals surface area contributed by atoms with Crippen LogP contribution in [0.2, 0.25) is 0 Å². The molecule has 76 valence electrons. The highest BCUT2D eigenvalue weighted by molar-refractivity contribution is 5.62. The molecule has 0 saturated heterocycles. The number of unbranched alkanes of at least 4 members (excludes halogenated alkanes) is 1. The molecule has 0 heterocycles. The lowest BCUT2D eigenvalue weighted by Crippen LogP contribution is -1.87. The summed E-state index contributed by atoms with van der Waals surface area (Å²) in [4.78, 5) is 0. The number of hydrogen-bond donors (Lipinski definition) is 0. The third-order valence-corrected chi connectivity index (χ3v) is 2.10. The molecule has 1 heteroatoms.